The van der Waals surface area contributed by atoms with Crippen LogP contribution in [0.3, 0.4) is 0 Å². The van der Waals surface area contributed by atoms with Crippen molar-refractivity contribution in [2.75, 3.05) is 10.8 Å². The summed E-state index contributed by atoms with van der Waals surface area (Å²) in [6.45, 7) is 1.21. The molecule has 0 spiro atoms. The highest BCUT2D eigenvalue weighted by Gasteiger charge is 2.35. The molecule has 11 heteroatoms. The molecule has 0 radical (unpaired) electrons. The third kappa shape index (κ3) is 9.11. The van der Waals surface area contributed by atoms with Crippen molar-refractivity contribution in [2.24, 2.45) is 0 Å². The third-order valence-electron chi connectivity index (χ3n) is 8.56. The largest absolute Gasteiger partial charge is 0.352 e. The number of benzene rings is 4. The minimum atomic E-state index is -4.25. The van der Waals surface area contributed by atoms with Gasteiger partial charge in [-0.25, -0.2) is 8.42 Å². The first-order valence-electron chi connectivity index (χ1n) is 15.9. The summed E-state index contributed by atoms with van der Waals surface area (Å²) >= 11 is 19.1. The second-order valence-corrected chi connectivity index (χ2v) is 15.3. The Bertz CT molecular complexity index is 1830. The second-order valence-electron chi connectivity index (χ2n) is 12.1. The Morgan fingerprint density at radius 3 is 2.19 bits per heavy atom. The van der Waals surface area contributed by atoms with Crippen LogP contribution in [0.4, 0.5) is 5.69 Å². The number of carbonyl (C=O) groups excluding carboxylic acids is 2. The molecule has 4 aromatic carbocycles. The quantitative estimate of drug-likeness (QED) is 0.159. The van der Waals surface area contributed by atoms with Gasteiger partial charge in [0.1, 0.15) is 12.6 Å². The number of aryl methyl sites for hydroxylation is 1. The van der Waals surface area contributed by atoms with Gasteiger partial charge in [0.05, 0.1) is 10.6 Å². The zero-order valence-corrected chi connectivity index (χ0v) is 29.7. The molecule has 1 aliphatic rings. The Morgan fingerprint density at radius 1 is 0.833 bits per heavy atom. The molecule has 1 saturated carbocycles. The maximum atomic E-state index is 14.7. The second kappa shape index (κ2) is 16.2. The highest BCUT2D eigenvalue weighted by Crippen LogP contribution is 2.29. The average molecular weight is 727 g/mol. The Hall–Kier alpha value is -3.56. The van der Waals surface area contributed by atoms with Gasteiger partial charge in [-0.1, -0.05) is 114 Å². The number of halogens is 3. The van der Waals surface area contributed by atoms with Crippen LogP contribution in [0.1, 0.15) is 48.8 Å². The summed E-state index contributed by atoms with van der Waals surface area (Å²) in [6.07, 6.45) is 5.08. The summed E-state index contributed by atoms with van der Waals surface area (Å²) in [6, 6.07) is 26.2. The number of hydrogen-bond donors (Lipinski definition) is 1. The van der Waals surface area contributed by atoms with E-state index in [4.69, 9.17) is 34.8 Å². The van der Waals surface area contributed by atoms with Gasteiger partial charge >= 0.3 is 0 Å². The zero-order valence-electron chi connectivity index (χ0n) is 26.6. The average Bonchev–Trinajstić information content (AvgIpc) is 3.07. The standard InChI is InChI=1S/C37H38Cl3N3O4S/c1-26-15-19-33(20-16-26)48(46,47)43(32-14-8-11-29(38)22-32)25-36(44)42(24-28-17-18-30(39)23-34(28)40)35(21-27-9-4-2-5-10-27)37(45)41-31-12-6-3-7-13-31/h2,4-5,8-11,14-20,22-23,31,35H,3,6-7,12-13,21,24-25H2,1H3,(H,41,45)/t35-/m1/s1. The number of carbonyl (C=O) groups is 2. The minimum absolute atomic E-state index is 0.00882. The van der Waals surface area contributed by atoms with E-state index >= 15 is 0 Å². The van der Waals surface area contributed by atoms with E-state index in [2.05, 4.69) is 5.32 Å². The first-order valence-corrected chi connectivity index (χ1v) is 18.5. The van der Waals surface area contributed by atoms with Crippen molar-refractivity contribution < 1.29 is 18.0 Å². The van der Waals surface area contributed by atoms with Gasteiger partial charge in [0.2, 0.25) is 11.8 Å². The summed E-state index contributed by atoms with van der Waals surface area (Å²) in [5.41, 5.74) is 2.51. The molecule has 7 nitrogen and oxygen atoms in total. The van der Waals surface area contributed by atoms with Crippen molar-refractivity contribution in [3.8, 4) is 0 Å². The van der Waals surface area contributed by atoms with Gasteiger partial charge < -0.3 is 10.2 Å². The number of rotatable bonds is 12. The maximum absolute atomic E-state index is 14.7. The molecule has 0 heterocycles. The van der Waals surface area contributed by atoms with Crippen molar-refractivity contribution >= 4 is 62.3 Å². The highest BCUT2D eigenvalue weighted by atomic mass is 35.5. The molecule has 2 amide bonds. The Kier molecular flexibility index (Phi) is 12.1. The van der Waals surface area contributed by atoms with Crippen molar-refractivity contribution in [1.29, 1.82) is 0 Å². The lowest BCUT2D eigenvalue weighted by Crippen LogP contribution is -2.55. The first kappa shape index (κ1) is 35.7. The van der Waals surface area contributed by atoms with Crippen LogP contribution >= 0.6 is 34.8 Å². The monoisotopic (exact) mass is 725 g/mol. The van der Waals surface area contributed by atoms with Crippen LogP contribution in [0.2, 0.25) is 15.1 Å². The van der Waals surface area contributed by atoms with Crippen LogP contribution in [0.5, 0.6) is 0 Å². The lowest BCUT2D eigenvalue weighted by Gasteiger charge is -2.35. The van der Waals surface area contributed by atoms with Gasteiger partial charge in [-0.2, -0.15) is 0 Å². The van der Waals surface area contributed by atoms with E-state index in [1.54, 1.807) is 48.5 Å². The van der Waals surface area contributed by atoms with Crippen LogP contribution in [0, 0.1) is 6.92 Å². The smallest absolute Gasteiger partial charge is 0.264 e. The summed E-state index contributed by atoms with van der Waals surface area (Å²) < 4.78 is 29.5. The molecule has 0 unspecified atom stereocenters. The number of sulfonamides is 1. The molecule has 0 aromatic heterocycles. The molecule has 252 valence electrons. The Morgan fingerprint density at radius 2 is 1.52 bits per heavy atom. The number of nitrogens with one attached hydrogen (secondary N) is 1. The van der Waals surface area contributed by atoms with Crippen molar-refractivity contribution in [3.63, 3.8) is 0 Å². The molecule has 0 aliphatic heterocycles. The van der Waals surface area contributed by atoms with Crippen LogP contribution in [-0.4, -0.2) is 43.8 Å². The summed E-state index contributed by atoms with van der Waals surface area (Å²) in [5, 5.41) is 4.26. The van der Waals surface area contributed by atoms with E-state index in [0.29, 0.717) is 20.6 Å². The van der Waals surface area contributed by atoms with E-state index in [0.717, 1.165) is 47.5 Å². The van der Waals surface area contributed by atoms with Gasteiger partial charge in [-0.3, -0.25) is 13.9 Å². The first-order chi connectivity index (χ1) is 23.0. The fourth-order valence-electron chi connectivity index (χ4n) is 5.93. The van der Waals surface area contributed by atoms with Gasteiger partial charge in [0.15, 0.2) is 0 Å². The van der Waals surface area contributed by atoms with Gasteiger partial charge in [0.25, 0.3) is 10.0 Å². The number of anilines is 1. The zero-order chi connectivity index (χ0) is 34.3. The van der Waals surface area contributed by atoms with Gasteiger partial charge in [0, 0.05) is 34.1 Å². The Labute approximate surface area is 297 Å². The predicted molar refractivity (Wildman–Crippen MR) is 193 cm³/mol. The molecule has 0 saturated heterocycles. The summed E-state index contributed by atoms with van der Waals surface area (Å²) in [5.74, 6) is -0.892. The lowest BCUT2D eigenvalue weighted by atomic mass is 9.94. The lowest BCUT2D eigenvalue weighted by molar-refractivity contribution is -0.140. The fraction of sp³-hybridized carbons (Fsp3) is 0.297. The summed E-state index contributed by atoms with van der Waals surface area (Å²) in [4.78, 5) is 30.4. The van der Waals surface area contributed by atoms with Gasteiger partial charge in [-0.15, -0.1) is 0 Å². The Balaban J connectivity index is 1.58. The molecule has 1 fully saturated rings. The molecule has 1 aliphatic carbocycles. The molecule has 0 bridgehead atoms. The molecule has 1 N–H and O–H groups in total. The van der Waals surface area contributed by atoms with E-state index < -0.39 is 28.5 Å². The van der Waals surface area contributed by atoms with Crippen LogP contribution < -0.4 is 9.62 Å². The molecule has 1 atom stereocenters. The molecular weight excluding hydrogens is 689 g/mol. The van der Waals surface area contributed by atoms with E-state index in [-0.39, 0.29) is 35.5 Å². The topological polar surface area (TPSA) is 86.8 Å². The number of hydrogen-bond acceptors (Lipinski definition) is 4. The highest BCUT2D eigenvalue weighted by molar-refractivity contribution is 7.92. The van der Waals surface area contributed by atoms with Crippen molar-refractivity contribution in [3.05, 3.63) is 129 Å². The van der Waals surface area contributed by atoms with Crippen molar-refractivity contribution in [1.82, 2.24) is 10.2 Å². The molecular formula is C37H38Cl3N3O4S. The van der Waals surface area contributed by atoms with E-state index in [1.165, 1.54) is 23.1 Å². The molecule has 4 aromatic rings. The van der Waals surface area contributed by atoms with Gasteiger partial charge in [-0.05, 0) is 73.4 Å². The van der Waals surface area contributed by atoms with Crippen LogP contribution in [-0.2, 0) is 32.6 Å². The number of amides is 2. The van der Waals surface area contributed by atoms with Crippen LogP contribution in [0.15, 0.2) is 102 Å². The third-order valence-corrected chi connectivity index (χ3v) is 11.2. The normalized spacial score (nSPS) is 14.2. The minimum Gasteiger partial charge on any atom is -0.352 e. The molecule has 48 heavy (non-hydrogen) atoms. The predicted octanol–water partition coefficient (Wildman–Crippen LogP) is 8.24. The van der Waals surface area contributed by atoms with E-state index in [9.17, 15) is 18.0 Å². The number of nitrogens with zero attached hydrogens (tertiary/aromatic N) is 2. The van der Waals surface area contributed by atoms with Crippen LogP contribution in [0.25, 0.3) is 0 Å². The SMILES string of the molecule is Cc1ccc(S(=O)(=O)N(CC(=O)N(Cc2ccc(Cl)cc2Cl)[C@H](Cc2ccccc2)C(=O)NC2CCCCC2)c2cccc(Cl)c2)cc1. The maximum Gasteiger partial charge on any atom is 0.264 e. The van der Waals surface area contributed by atoms with E-state index in [1.807, 2.05) is 37.3 Å². The van der Waals surface area contributed by atoms with Crippen molar-refractivity contribution in [2.45, 2.75) is 69.0 Å². The fourth-order valence-corrected chi connectivity index (χ4v) is 7.99. The summed E-state index contributed by atoms with van der Waals surface area (Å²) in [7, 11) is -4.25. The molecule has 5 rings (SSSR count).